The van der Waals surface area contributed by atoms with E-state index in [1.54, 1.807) is 11.1 Å². The summed E-state index contributed by atoms with van der Waals surface area (Å²) >= 11 is 3.49. The minimum Gasteiger partial charge on any atom is -0.381 e. The van der Waals surface area contributed by atoms with Crippen molar-refractivity contribution in [1.82, 2.24) is 0 Å². The molecule has 0 fully saturated rings. The molecule has 1 aliphatic carbocycles. The summed E-state index contributed by atoms with van der Waals surface area (Å²) in [6.07, 6.45) is 3.83. The van der Waals surface area contributed by atoms with Crippen molar-refractivity contribution in [3.05, 3.63) is 63.6 Å². The molecule has 2 aromatic rings. The molecule has 0 atom stereocenters. The maximum atomic E-state index is 3.49. The first-order valence-electron chi connectivity index (χ1n) is 6.41. The van der Waals surface area contributed by atoms with E-state index in [-0.39, 0.29) is 0 Å². The zero-order valence-electron chi connectivity index (χ0n) is 10.2. The summed E-state index contributed by atoms with van der Waals surface area (Å²) in [4.78, 5) is 0. The Morgan fingerprint density at radius 1 is 1.00 bits per heavy atom. The molecule has 18 heavy (non-hydrogen) atoms. The highest BCUT2D eigenvalue weighted by Crippen LogP contribution is 2.23. The van der Waals surface area contributed by atoms with Crippen LogP contribution < -0.4 is 5.32 Å². The lowest BCUT2D eigenvalue weighted by Crippen LogP contribution is -2.00. The van der Waals surface area contributed by atoms with Crippen LogP contribution in [0.5, 0.6) is 0 Å². The molecule has 0 aromatic heterocycles. The van der Waals surface area contributed by atoms with E-state index >= 15 is 0 Å². The Hall–Kier alpha value is -1.28. The van der Waals surface area contributed by atoms with E-state index in [9.17, 15) is 0 Å². The maximum Gasteiger partial charge on any atom is 0.0400 e. The first-order valence-corrected chi connectivity index (χ1v) is 7.21. The van der Waals surface area contributed by atoms with Crippen molar-refractivity contribution in [3.63, 3.8) is 0 Å². The number of rotatable bonds is 3. The van der Waals surface area contributed by atoms with Crippen LogP contribution in [0.25, 0.3) is 0 Å². The van der Waals surface area contributed by atoms with Gasteiger partial charge in [-0.05, 0) is 54.2 Å². The smallest absolute Gasteiger partial charge is 0.0400 e. The fraction of sp³-hybridized carbons (Fsp3) is 0.250. The summed E-state index contributed by atoms with van der Waals surface area (Å²) in [5.41, 5.74) is 5.62. The van der Waals surface area contributed by atoms with Gasteiger partial charge in [0.05, 0.1) is 0 Å². The summed E-state index contributed by atoms with van der Waals surface area (Å²) in [5.74, 6) is 0. The Morgan fingerprint density at radius 3 is 2.78 bits per heavy atom. The molecule has 0 saturated carbocycles. The first-order chi connectivity index (χ1) is 8.81. The molecule has 92 valence electrons. The number of fused-ring (bicyclic) bond motifs is 1. The molecule has 0 saturated heterocycles. The Morgan fingerprint density at radius 2 is 1.89 bits per heavy atom. The number of hydrogen-bond donors (Lipinski definition) is 1. The molecule has 1 aliphatic rings. The fourth-order valence-corrected chi connectivity index (χ4v) is 2.94. The van der Waals surface area contributed by atoms with Crippen LogP contribution in [0.3, 0.4) is 0 Å². The lowest BCUT2D eigenvalue weighted by atomic mass is 10.1. The van der Waals surface area contributed by atoms with Gasteiger partial charge in [-0.3, -0.25) is 0 Å². The highest BCUT2D eigenvalue weighted by atomic mass is 79.9. The van der Waals surface area contributed by atoms with E-state index in [1.807, 2.05) is 6.07 Å². The molecule has 0 bridgehead atoms. The van der Waals surface area contributed by atoms with E-state index in [2.05, 4.69) is 57.6 Å². The third-order valence-corrected chi connectivity index (χ3v) is 3.98. The zero-order valence-corrected chi connectivity index (χ0v) is 11.8. The fourth-order valence-electron chi connectivity index (χ4n) is 2.54. The van der Waals surface area contributed by atoms with Gasteiger partial charge < -0.3 is 5.32 Å². The summed E-state index contributed by atoms with van der Waals surface area (Å²) in [7, 11) is 0. The molecule has 1 nitrogen and oxygen atoms in total. The normalized spacial score (nSPS) is 13.4. The molecule has 0 amide bonds. The van der Waals surface area contributed by atoms with Crippen molar-refractivity contribution in [1.29, 1.82) is 0 Å². The van der Waals surface area contributed by atoms with Crippen LogP contribution in [0.15, 0.2) is 46.9 Å². The summed E-state index contributed by atoms with van der Waals surface area (Å²) in [6, 6.07) is 15.2. The van der Waals surface area contributed by atoms with Gasteiger partial charge in [0.25, 0.3) is 0 Å². The van der Waals surface area contributed by atoms with Gasteiger partial charge in [0.1, 0.15) is 0 Å². The molecular formula is C16H16BrN. The van der Waals surface area contributed by atoms with Crippen molar-refractivity contribution in [2.75, 3.05) is 5.32 Å². The predicted molar refractivity (Wildman–Crippen MR) is 79.9 cm³/mol. The number of halogens is 1. The number of benzene rings is 2. The highest BCUT2D eigenvalue weighted by Gasteiger charge is 2.10. The first kappa shape index (κ1) is 11.8. The molecular weight excluding hydrogens is 286 g/mol. The number of aryl methyl sites for hydroxylation is 2. The SMILES string of the molecule is Brc1cccc(NCc2ccc3c(c2)CCC3)c1. The molecule has 3 rings (SSSR count). The molecule has 0 aliphatic heterocycles. The zero-order chi connectivity index (χ0) is 12.4. The number of anilines is 1. The average Bonchev–Trinajstić information content (AvgIpc) is 2.84. The molecule has 0 unspecified atom stereocenters. The third kappa shape index (κ3) is 2.59. The van der Waals surface area contributed by atoms with E-state index in [4.69, 9.17) is 0 Å². The van der Waals surface area contributed by atoms with Gasteiger partial charge in [0.15, 0.2) is 0 Å². The van der Waals surface area contributed by atoms with Crippen LogP contribution in [0.2, 0.25) is 0 Å². The Labute approximate surface area is 116 Å². The lowest BCUT2D eigenvalue weighted by Gasteiger charge is -2.08. The molecule has 2 heteroatoms. The molecule has 0 radical (unpaired) electrons. The second kappa shape index (κ2) is 5.15. The van der Waals surface area contributed by atoms with Crippen molar-refractivity contribution >= 4 is 21.6 Å². The molecule has 1 N–H and O–H groups in total. The van der Waals surface area contributed by atoms with E-state index < -0.39 is 0 Å². The van der Waals surface area contributed by atoms with Gasteiger partial charge in [-0.25, -0.2) is 0 Å². The number of nitrogens with one attached hydrogen (secondary N) is 1. The monoisotopic (exact) mass is 301 g/mol. The van der Waals surface area contributed by atoms with Crippen molar-refractivity contribution < 1.29 is 0 Å². The Kier molecular flexibility index (Phi) is 3.37. The van der Waals surface area contributed by atoms with Crippen LogP contribution in [-0.2, 0) is 19.4 Å². The maximum absolute atomic E-state index is 3.49. The second-order valence-corrected chi connectivity index (χ2v) is 5.74. The van der Waals surface area contributed by atoms with E-state index in [1.165, 1.54) is 24.8 Å². The van der Waals surface area contributed by atoms with Crippen LogP contribution in [-0.4, -0.2) is 0 Å². The van der Waals surface area contributed by atoms with Gasteiger partial charge in [-0.2, -0.15) is 0 Å². The second-order valence-electron chi connectivity index (χ2n) is 4.82. The quantitative estimate of drug-likeness (QED) is 0.877. The largest absolute Gasteiger partial charge is 0.381 e. The van der Waals surface area contributed by atoms with Crippen LogP contribution in [0.1, 0.15) is 23.1 Å². The molecule has 2 aromatic carbocycles. The molecule has 0 spiro atoms. The van der Waals surface area contributed by atoms with Gasteiger partial charge in [-0.1, -0.05) is 40.2 Å². The molecule has 0 heterocycles. The third-order valence-electron chi connectivity index (χ3n) is 3.48. The van der Waals surface area contributed by atoms with Crippen molar-refractivity contribution in [2.24, 2.45) is 0 Å². The van der Waals surface area contributed by atoms with Crippen LogP contribution >= 0.6 is 15.9 Å². The van der Waals surface area contributed by atoms with Crippen LogP contribution in [0, 0.1) is 0 Å². The van der Waals surface area contributed by atoms with Crippen molar-refractivity contribution in [2.45, 2.75) is 25.8 Å². The predicted octanol–water partition coefficient (Wildman–Crippen LogP) is 4.55. The Balaban J connectivity index is 1.70. The highest BCUT2D eigenvalue weighted by molar-refractivity contribution is 9.10. The van der Waals surface area contributed by atoms with E-state index in [0.717, 1.165) is 16.7 Å². The average molecular weight is 302 g/mol. The minimum atomic E-state index is 0.893. The van der Waals surface area contributed by atoms with E-state index in [0.29, 0.717) is 0 Å². The van der Waals surface area contributed by atoms with Crippen LogP contribution in [0.4, 0.5) is 5.69 Å². The van der Waals surface area contributed by atoms with Crippen molar-refractivity contribution in [3.8, 4) is 0 Å². The summed E-state index contributed by atoms with van der Waals surface area (Å²) < 4.78 is 1.11. The standard InChI is InChI=1S/C16H16BrN/c17-15-5-2-6-16(10-15)18-11-12-7-8-13-3-1-4-14(13)9-12/h2,5-10,18H,1,3-4,11H2. The summed E-state index contributed by atoms with van der Waals surface area (Å²) in [5, 5.41) is 3.46. The minimum absolute atomic E-state index is 0.893. The topological polar surface area (TPSA) is 12.0 Å². The number of hydrogen-bond acceptors (Lipinski definition) is 1. The van der Waals surface area contributed by atoms with Gasteiger partial charge in [0, 0.05) is 16.7 Å². The lowest BCUT2D eigenvalue weighted by molar-refractivity contribution is 0.911. The van der Waals surface area contributed by atoms with Gasteiger partial charge >= 0.3 is 0 Å². The Bertz CT molecular complexity index is 563. The summed E-state index contributed by atoms with van der Waals surface area (Å²) in [6.45, 7) is 0.893. The van der Waals surface area contributed by atoms with Gasteiger partial charge in [-0.15, -0.1) is 0 Å². The van der Waals surface area contributed by atoms with Gasteiger partial charge in [0.2, 0.25) is 0 Å².